The molecule has 1 saturated heterocycles. The van der Waals surface area contributed by atoms with Crippen LogP contribution in [0.1, 0.15) is 0 Å². The quantitative estimate of drug-likeness (QED) is 0.541. The molecule has 0 aliphatic carbocycles. The number of nitrogens with zero attached hydrogens (tertiary/aromatic N) is 3. The van der Waals surface area contributed by atoms with Crippen molar-refractivity contribution in [3.8, 4) is 10.6 Å². The lowest BCUT2D eigenvalue weighted by molar-refractivity contribution is -0.112. The summed E-state index contributed by atoms with van der Waals surface area (Å²) in [6, 6.07) is 8.20. The van der Waals surface area contributed by atoms with Crippen LogP contribution >= 0.6 is 38.9 Å². The highest BCUT2D eigenvalue weighted by molar-refractivity contribution is 9.10. The fourth-order valence-corrected chi connectivity index (χ4v) is 5.03. The zero-order chi connectivity index (χ0) is 18.8. The molecule has 0 spiro atoms. The number of fused-ring (bicyclic) bond motifs is 1. The molecule has 27 heavy (non-hydrogen) atoms. The molecule has 0 bridgehead atoms. The van der Waals surface area contributed by atoms with Crippen LogP contribution in [0.3, 0.4) is 0 Å². The van der Waals surface area contributed by atoms with Crippen LogP contribution in [0, 0.1) is 0 Å². The highest BCUT2D eigenvalue weighted by Crippen LogP contribution is 2.39. The van der Waals surface area contributed by atoms with E-state index < -0.39 is 0 Å². The van der Waals surface area contributed by atoms with Gasteiger partial charge >= 0.3 is 0 Å². The van der Waals surface area contributed by atoms with E-state index in [1.165, 1.54) is 0 Å². The third-order valence-corrected chi connectivity index (χ3v) is 6.82. The van der Waals surface area contributed by atoms with Gasteiger partial charge in [0, 0.05) is 35.4 Å². The maximum Gasteiger partial charge on any atom is 0.223 e. The van der Waals surface area contributed by atoms with Crippen molar-refractivity contribution >= 4 is 61.2 Å². The number of aromatic nitrogens is 2. The van der Waals surface area contributed by atoms with Gasteiger partial charge in [-0.25, -0.2) is 9.97 Å². The maximum atomic E-state index is 11.0. The van der Waals surface area contributed by atoms with Crippen LogP contribution in [0.25, 0.3) is 20.7 Å². The number of anilines is 1. The van der Waals surface area contributed by atoms with E-state index in [2.05, 4.69) is 53.6 Å². The molecule has 3 aromatic rings. The van der Waals surface area contributed by atoms with Crippen molar-refractivity contribution < 1.29 is 4.79 Å². The van der Waals surface area contributed by atoms with E-state index in [4.69, 9.17) is 11.6 Å². The molecule has 1 atom stereocenters. The Bertz CT molecular complexity index is 982. The number of halogens is 2. The third kappa shape index (κ3) is 4.00. The first-order valence-electron chi connectivity index (χ1n) is 8.53. The van der Waals surface area contributed by atoms with Crippen molar-refractivity contribution in [3.63, 3.8) is 0 Å². The SMILES string of the molecule is O=CC1NCCN1CCNc1ncc(Cl)c(-c2cc3cccc(Br)c3s2)n1. The summed E-state index contributed by atoms with van der Waals surface area (Å²) in [6.45, 7) is 3.06. The molecule has 6 nitrogen and oxygen atoms in total. The summed E-state index contributed by atoms with van der Waals surface area (Å²) >= 11 is 11.6. The molecule has 1 unspecified atom stereocenters. The average Bonchev–Trinajstić information content (AvgIpc) is 3.30. The van der Waals surface area contributed by atoms with Crippen molar-refractivity contribution in [2.75, 3.05) is 31.5 Å². The summed E-state index contributed by atoms with van der Waals surface area (Å²) < 4.78 is 2.22. The summed E-state index contributed by atoms with van der Waals surface area (Å²) in [4.78, 5) is 23.0. The number of carbonyl (C=O) groups is 1. The molecule has 1 aliphatic rings. The minimum atomic E-state index is -0.203. The Balaban J connectivity index is 1.51. The lowest BCUT2D eigenvalue weighted by atomic mass is 10.2. The monoisotopic (exact) mass is 465 g/mol. The standard InChI is InChI=1S/C18H17BrClN5OS/c19-12-3-1-2-11-8-14(27-17(11)12)16-13(20)9-23-18(24-16)22-5-7-25-6-4-21-15(25)10-26/h1-3,8-10,15,21H,4-7H2,(H,22,23,24). The Labute approximate surface area is 174 Å². The maximum absolute atomic E-state index is 11.0. The zero-order valence-electron chi connectivity index (χ0n) is 14.3. The van der Waals surface area contributed by atoms with Gasteiger partial charge in [-0.15, -0.1) is 11.3 Å². The number of carbonyl (C=O) groups excluding carboxylic acids is 1. The molecule has 1 aromatic carbocycles. The molecular formula is C18H17BrClN5OS. The van der Waals surface area contributed by atoms with E-state index in [1.807, 2.05) is 12.1 Å². The Kier molecular flexibility index (Phi) is 5.70. The fraction of sp³-hybridized carbons (Fsp3) is 0.278. The second kappa shape index (κ2) is 8.20. The topological polar surface area (TPSA) is 70.2 Å². The number of thiophene rings is 1. The summed E-state index contributed by atoms with van der Waals surface area (Å²) in [5, 5.41) is 8.04. The van der Waals surface area contributed by atoms with Gasteiger partial charge in [0.25, 0.3) is 0 Å². The fourth-order valence-electron chi connectivity index (χ4n) is 3.09. The molecule has 0 radical (unpaired) electrons. The van der Waals surface area contributed by atoms with Crippen LogP contribution in [0.4, 0.5) is 5.95 Å². The zero-order valence-corrected chi connectivity index (χ0v) is 17.4. The Morgan fingerprint density at radius 2 is 2.37 bits per heavy atom. The Hall–Kier alpha value is -1.58. The van der Waals surface area contributed by atoms with E-state index in [9.17, 15) is 4.79 Å². The van der Waals surface area contributed by atoms with Crippen LogP contribution in [0.15, 0.2) is 34.9 Å². The van der Waals surface area contributed by atoms with Gasteiger partial charge < -0.3 is 10.1 Å². The highest BCUT2D eigenvalue weighted by Gasteiger charge is 2.22. The highest BCUT2D eigenvalue weighted by atomic mass is 79.9. The minimum Gasteiger partial charge on any atom is -0.353 e. The first kappa shape index (κ1) is 18.8. The van der Waals surface area contributed by atoms with Gasteiger partial charge in [-0.05, 0) is 33.4 Å². The molecule has 1 aliphatic heterocycles. The van der Waals surface area contributed by atoms with Crippen LogP contribution in [-0.4, -0.2) is 53.5 Å². The molecule has 0 amide bonds. The second-order valence-corrected chi connectivity index (χ2v) is 8.47. The van der Waals surface area contributed by atoms with Gasteiger partial charge in [0.1, 0.15) is 11.9 Å². The van der Waals surface area contributed by atoms with E-state index in [1.54, 1.807) is 17.5 Å². The van der Waals surface area contributed by atoms with Gasteiger partial charge in [-0.3, -0.25) is 10.2 Å². The summed E-state index contributed by atoms with van der Waals surface area (Å²) in [5.41, 5.74) is 0.718. The van der Waals surface area contributed by atoms with Crippen LogP contribution < -0.4 is 10.6 Å². The van der Waals surface area contributed by atoms with Gasteiger partial charge in [0.05, 0.1) is 16.1 Å². The number of hydrogen-bond acceptors (Lipinski definition) is 7. The van der Waals surface area contributed by atoms with Crippen molar-refractivity contribution in [1.29, 1.82) is 0 Å². The molecule has 0 saturated carbocycles. The second-order valence-electron chi connectivity index (χ2n) is 6.16. The predicted molar refractivity (Wildman–Crippen MR) is 113 cm³/mol. The van der Waals surface area contributed by atoms with E-state index in [0.29, 0.717) is 17.5 Å². The van der Waals surface area contributed by atoms with Gasteiger partial charge in [0.2, 0.25) is 5.95 Å². The number of hydrogen-bond donors (Lipinski definition) is 2. The predicted octanol–water partition coefficient (Wildman–Crippen LogP) is 3.62. The normalized spacial score (nSPS) is 17.5. The lowest BCUT2D eigenvalue weighted by Crippen LogP contribution is -2.39. The molecule has 9 heteroatoms. The summed E-state index contributed by atoms with van der Waals surface area (Å²) in [5.74, 6) is 0.528. The van der Waals surface area contributed by atoms with Crippen molar-refractivity contribution in [1.82, 2.24) is 20.2 Å². The summed E-state index contributed by atoms with van der Waals surface area (Å²) in [6.07, 6.45) is 2.35. The number of benzene rings is 1. The molecule has 4 rings (SSSR count). The molecule has 3 heterocycles. The Morgan fingerprint density at radius 3 is 3.19 bits per heavy atom. The number of aldehydes is 1. The van der Waals surface area contributed by atoms with Crippen LogP contribution in [0.2, 0.25) is 5.02 Å². The largest absolute Gasteiger partial charge is 0.353 e. The summed E-state index contributed by atoms with van der Waals surface area (Å²) in [7, 11) is 0. The van der Waals surface area contributed by atoms with Gasteiger partial charge in [0.15, 0.2) is 6.29 Å². The molecule has 2 N–H and O–H groups in total. The van der Waals surface area contributed by atoms with E-state index in [-0.39, 0.29) is 6.17 Å². The van der Waals surface area contributed by atoms with Gasteiger partial charge in [-0.2, -0.15) is 0 Å². The lowest BCUT2D eigenvalue weighted by Gasteiger charge is -2.19. The van der Waals surface area contributed by atoms with Crippen LogP contribution in [-0.2, 0) is 4.79 Å². The molecule has 1 fully saturated rings. The number of rotatable bonds is 6. The molecular weight excluding hydrogens is 450 g/mol. The molecule has 140 valence electrons. The van der Waals surface area contributed by atoms with Crippen molar-refractivity contribution in [2.45, 2.75) is 6.17 Å². The van der Waals surface area contributed by atoms with E-state index in [0.717, 1.165) is 51.1 Å². The third-order valence-electron chi connectivity index (χ3n) is 4.43. The van der Waals surface area contributed by atoms with Crippen LogP contribution in [0.5, 0.6) is 0 Å². The minimum absolute atomic E-state index is 0.203. The number of nitrogens with one attached hydrogen (secondary N) is 2. The molecule has 2 aromatic heterocycles. The van der Waals surface area contributed by atoms with Crippen molar-refractivity contribution in [3.05, 3.63) is 40.0 Å². The van der Waals surface area contributed by atoms with Crippen molar-refractivity contribution in [2.24, 2.45) is 0 Å². The first-order chi connectivity index (χ1) is 13.2. The first-order valence-corrected chi connectivity index (χ1v) is 10.5. The van der Waals surface area contributed by atoms with Gasteiger partial charge in [-0.1, -0.05) is 23.7 Å². The van der Waals surface area contributed by atoms with E-state index >= 15 is 0 Å². The smallest absolute Gasteiger partial charge is 0.223 e. The average molecular weight is 467 g/mol. The Morgan fingerprint density at radius 1 is 1.48 bits per heavy atom.